The summed E-state index contributed by atoms with van der Waals surface area (Å²) in [4.78, 5) is 0. The van der Waals surface area contributed by atoms with E-state index in [1.54, 1.807) is 0 Å². The molecule has 0 fully saturated rings. The van der Waals surface area contributed by atoms with Gasteiger partial charge in [-0.1, -0.05) is 35.7 Å². The standard InChI is InChI=1S/C15H21Cl2N/c1-4-9-18-15(8-5-11(2)3)13-10-12(16)6-7-14(13)17/h6-7,10,15,18H,2,4-5,8-9H2,1,3H3. The molecule has 0 bridgehead atoms. The lowest BCUT2D eigenvalue weighted by molar-refractivity contribution is 0.499. The quantitative estimate of drug-likeness (QED) is 0.662. The molecule has 0 saturated heterocycles. The Morgan fingerprint density at radius 1 is 1.39 bits per heavy atom. The van der Waals surface area contributed by atoms with Crippen LogP contribution in [0.2, 0.25) is 10.0 Å². The van der Waals surface area contributed by atoms with Crippen molar-refractivity contribution in [1.29, 1.82) is 0 Å². The molecule has 1 nitrogen and oxygen atoms in total. The Morgan fingerprint density at radius 2 is 2.11 bits per heavy atom. The Morgan fingerprint density at radius 3 is 2.72 bits per heavy atom. The van der Waals surface area contributed by atoms with Gasteiger partial charge < -0.3 is 5.32 Å². The smallest absolute Gasteiger partial charge is 0.0454 e. The monoisotopic (exact) mass is 285 g/mol. The maximum absolute atomic E-state index is 6.26. The maximum atomic E-state index is 6.26. The Hall–Kier alpha value is -0.500. The molecule has 0 saturated carbocycles. The first kappa shape index (κ1) is 15.6. The Bertz CT molecular complexity index is 401. The van der Waals surface area contributed by atoms with Gasteiger partial charge in [0.1, 0.15) is 0 Å². The van der Waals surface area contributed by atoms with Gasteiger partial charge in [-0.25, -0.2) is 0 Å². The Balaban J connectivity index is 2.85. The molecule has 1 aromatic carbocycles. The SMILES string of the molecule is C=C(C)CCC(NCCC)c1cc(Cl)ccc1Cl. The van der Waals surface area contributed by atoms with Crippen molar-refractivity contribution in [2.45, 2.75) is 39.2 Å². The van der Waals surface area contributed by atoms with E-state index in [1.165, 1.54) is 5.57 Å². The zero-order valence-electron chi connectivity index (χ0n) is 11.1. The van der Waals surface area contributed by atoms with Crippen molar-refractivity contribution in [3.8, 4) is 0 Å². The molecule has 0 spiro atoms. The average molecular weight is 286 g/mol. The zero-order valence-corrected chi connectivity index (χ0v) is 12.6. The van der Waals surface area contributed by atoms with Gasteiger partial charge in [0.05, 0.1) is 0 Å². The van der Waals surface area contributed by atoms with Crippen LogP contribution in [-0.4, -0.2) is 6.54 Å². The van der Waals surface area contributed by atoms with E-state index in [9.17, 15) is 0 Å². The number of allylic oxidation sites excluding steroid dienone is 1. The normalized spacial score (nSPS) is 12.4. The largest absolute Gasteiger partial charge is 0.310 e. The second kappa shape index (κ2) is 7.83. The van der Waals surface area contributed by atoms with Crippen molar-refractivity contribution in [3.63, 3.8) is 0 Å². The van der Waals surface area contributed by atoms with Crippen LogP contribution in [0.3, 0.4) is 0 Å². The molecule has 18 heavy (non-hydrogen) atoms. The summed E-state index contributed by atoms with van der Waals surface area (Å²) in [7, 11) is 0. The minimum Gasteiger partial charge on any atom is -0.310 e. The number of nitrogens with one attached hydrogen (secondary N) is 1. The van der Waals surface area contributed by atoms with Crippen LogP contribution in [0.25, 0.3) is 0 Å². The molecule has 1 N–H and O–H groups in total. The topological polar surface area (TPSA) is 12.0 Å². The molecule has 1 rings (SSSR count). The first-order chi connectivity index (χ1) is 8.54. The van der Waals surface area contributed by atoms with E-state index in [0.29, 0.717) is 0 Å². The molecule has 100 valence electrons. The highest BCUT2D eigenvalue weighted by Gasteiger charge is 2.14. The summed E-state index contributed by atoms with van der Waals surface area (Å²) in [6.07, 6.45) is 3.08. The lowest BCUT2D eigenvalue weighted by Crippen LogP contribution is -2.22. The summed E-state index contributed by atoms with van der Waals surface area (Å²) < 4.78 is 0. The third-order valence-electron chi connectivity index (χ3n) is 2.83. The molecule has 0 aliphatic heterocycles. The van der Waals surface area contributed by atoms with E-state index in [0.717, 1.165) is 41.4 Å². The summed E-state index contributed by atoms with van der Waals surface area (Å²) in [5, 5.41) is 5.03. The molecule has 0 aliphatic carbocycles. The molecular formula is C15H21Cl2N. The van der Waals surface area contributed by atoms with Crippen LogP contribution in [-0.2, 0) is 0 Å². The molecule has 1 unspecified atom stereocenters. The van der Waals surface area contributed by atoms with E-state index >= 15 is 0 Å². The van der Waals surface area contributed by atoms with Crippen LogP contribution >= 0.6 is 23.2 Å². The van der Waals surface area contributed by atoms with E-state index in [4.69, 9.17) is 23.2 Å². The number of rotatable bonds is 7. The molecule has 3 heteroatoms. The molecule has 0 amide bonds. The van der Waals surface area contributed by atoms with Crippen molar-refractivity contribution in [3.05, 3.63) is 46.0 Å². The van der Waals surface area contributed by atoms with Crippen molar-refractivity contribution in [1.82, 2.24) is 5.32 Å². The summed E-state index contributed by atoms with van der Waals surface area (Å²) >= 11 is 12.3. The molecule has 0 aromatic heterocycles. The van der Waals surface area contributed by atoms with Crippen LogP contribution in [0.4, 0.5) is 0 Å². The lowest BCUT2D eigenvalue weighted by atomic mass is 9.99. The predicted octanol–water partition coefficient (Wildman–Crippen LogP) is 5.39. The van der Waals surface area contributed by atoms with Gasteiger partial charge in [-0.15, -0.1) is 6.58 Å². The van der Waals surface area contributed by atoms with Crippen LogP contribution in [0.15, 0.2) is 30.4 Å². The van der Waals surface area contributed by atoms with E-state index in [1.807, 2.05) is 18.2 Å². The minimum atomic E-state index is 0.243. The first-order valence-corrected chi connectivity index (χ1v) is 7.13. The van der Waals surface area contributed by atoms with Crippen molar-refractivity contribution < 1.29 is 0 Å². The van der Waals surface area contributed by atoms with Gasteiger partial charge in [0.25, 0.3) is 0 Å². The summed E-state index contributed by atoms with van der Waals surface area (Å²) in [5.74, 6) is 0. The highest BCUT2D eigenvalue weighted by Crippen LogP contribution is 2.29. The lowest BCUT2D eigenvalue weighted by Gasteiger charge is -2.20. The van der Waals surface area contributed by atoms with Gasteiger partial charge in [0, 0.05) is 16.1 Å². The summed E-state index contributed by atoms with van der Waals surface area (Å²) in [6.45, 7) is 9.14. The molecular weight excluding hydrogens is 265 g/mol. The van der Waals surface area contributed by atoms with Crippen LogP contribution in [0.5, 0.6) is 0 Å². The van der Waals surface area contributed by atoms with Gasteiger partial charge >= 0.3 is 0 Å². The van der Waals surface area contributed by atoms with Crippen LogP contribution in [0, 0.1) is 0 Å². The summed E-state index contributed by atoms with van der Waals surface area (Å²) in [6, 6.07) is 5.88. The maximum Gasteiger partial charge on any atom is 0.0454 e. The number of benzene rings is 1. The molecule has 0 aliphatic rings. The van der Waals surface area contributed by atoms with Gasteiger partial charge in [0.15, 0.2) is 0 Å². The molecule has 0 heterocycles. The van der Waals surface area contributed by atoms with Gasteiger partial charge in [-0.05, 0) is 56.5 Å². The fraction of sp³-hybridized carbons (Fsp3) is 0.467. The second-order valence-corrected chi connectivity index (χ2v) is 5.51. The second-order valence-electron chi connectivity index (χ2n) is 4.67. The van der Waals surface area contributed by atoms with Crippen LogP contribution in [0.1, 0.15) is 44.7 Å². The predicted molar refractivity (Wildman–Crippen MR) is 81.5 cm³/mol. The first-order valence-electron chi connectivity index (χ1n) is 6.37. The van der Waals surface area contributed by atoms with Gasteiger partial charge in [-0.3, -0.25) is 0 Å². The number of hydrogen-bond acceptors (Lipinski definition) is 1. The number of hydrogen-bond donors (Lipinski definition) is 1. The van der Waals surface area contributed by atoms with E-state index in [2.05, 4.69) is 25.7 Å². The third-order valence-corrected chi connectivity index (χ3v) is 3.41. The van der Waals surface area contributed by atoms with E-state index in [-0.39, 0.29) is 6.04 Å². The van der Waals surface area contributed by atoms with Crippen molar-refractivity contribution in [2.24, 2.45) is 0 Å². The molecule has 0 radical (unpaired) electrons. The zero-order chi connectivity index (χ0) is 13.5. The van der Waals surface area contributed by atoms with E-state index < -0.39 is 0 Å². The fourth-order valence-corrected chi connectivity index (χ4v) is 2.29. The third kappa shape index (κ3) is 5.01. The highest BCUT2D eigenvalue weighted by molar-refractivity contribution is 6.33. The minimum absolute atomic E-state index is 0.243. The number of halogens is 2. The van der Waals surface area contributed by atoms with Crippen molar-refractivity contribution in [2.75, 3.05) is 6.54 Å². The van der Waals surface area contributed by atoms with Gasteiger partial charge in [0.2, 0.25) is 0 Å². The highest BCUT2D eigenvalue weighted by atomic mass is 35.5. The average Bonchev–Trinajstić information content (AvgIpc) is 2.32. The summed E-state index contributed by atoms with van der Waals surface area (Å²) in [5.41, 5.74) is 2.27. The molecule has 1 atom stereocenters. The van der Waals surface area contributed by atoms with Gasteiger partial charge in [-0.2, -0.15) is 0 Å². The Kier molecular flexibility index (Phi) is 6.77. The molecule has 1 aromatic rings. The van der Waals surface area contributed by atoms with Crippen molar-refractivity contribution >= 4 is 23.2 Å². The van der Waals surface area contributed by atoms with Crippen LogP contribution < -0.4 is 5.32 Å². The fourth-order valence-electron chi connectivity index (χ4n) is 1.86. The Labute approximate surface area is 120 Å².